The molecule has 0 heterocycles. The van der Waals surface area contributed by atoms with Crippen molar-refractivity contribution in [2.45, 2.75) is 4.90 Å². The van der Waals surface area contributed by atoms with Gasteiger partial charge in [-0.2, -0.15) is 8.42 Å². The van der Waals surface area contributed by atoms with Crippen LogP contribution in [0.15, 0.2) is 17.0 Å². The second-order valence-corrected chi connectivity index (χ2v) is 4.57. The Kier molecular flexibility index (Phi) is 4.62. The second-order valence-electron chi connectivity index (χ2n) is 3.22. The monoisotopic (exact) mass is 295 g/mol. The number of benzene rings is 1. The molecule has 19 heavy (non-hydrogen) atoms. The molecule has 0 unspecified atom stereocenters. The molecule has 0 bridgehead atoms. The second kappa shape index (κ2) is 5.80. The van der Waals surface area contributed by atoms with Gasteiger partial charge < -0.3 is 14.2 Å². The molecule has 0 atom stereocenters. The molecule has 0 spiro atoms. The van der Waals surface area contributed by atoms with Gasteiger partial charge in [-0.25, -0.2) is 0 Å². The first-order valence-corrected chi connectivity index (χ1v) is 6.12. The molecule has 0 saturated carbocycles. The molecule has 0 aliphatic carbocycles. The summed E-state index contributed by atoms with van der Waals surface area (Å²) in [4.78, 5) is 9.04. The van der Waals surface area contributed by atoms with Crippen molar-refractivity contribution < 1.29 is 31.4 Å². The van der Waals surface area contributed by atoms with Crippen molar-refractivity contribution >= 4 is 15.9 Å². The topological polar surface area (TPSA) is 105 Å². The van der Waals surface area contributed by atoms with Crippen LogP contribution >= 0.6 is 0 Å². The lowest BCUT2D eigenvalue weighted by atomic mass is 10.2. The molecule has 0 N–H and O–H groups in total. The molecule has 0 fully saturated rings. The number of methoxy groups -OCH3 is 2. The number of nitro benzene ring substituents is 1. The number of nitrogens with zero attached hydrogens (tertiary/aromatic N) is 1. The molecular formula is C9H10FNO7S. The van der Waals surface area contributed by atoms with Crippen molar-refractivity contribution in [3.63, 3.8) is 0 Å². The zero-order chi connectivity index (χ0) is 14.6. The van der Waals surface area contributed by atoms with Crippen molar-refractivity contribution in [3.05, 3.63) is 22.2 Å². The minimum absolute atomic E-state index is 0.289. The lowest BCUT2D eigenvalue weighted by molar-refractivity contribution is -0.386. The third kappa shape index (κ3) is 3.51. The van der Waals surface area contributed by atoms with Crippen LogP contribution in [0, 0.1) is 10.1 Å². The summed E-state index contributed by atoms with van der Waals surface area (Å²) in [6.45, 7) is -0.321. The Labute approximate surface area is 108 Å². The molecule has 0 saturated heterocycles. The van der Waals surface area contributed by atoms with Gasteiger partial charge in [0.25, 0.3) is 0 Å². The standard InChI is InChI=1S/C9H10FNO7S/c1-16-5-18-9-7(11(12)13)3-6(19(10,14)15)4-8(9)17-2/h3-4H,5H2,1-2H3. The highest BCUT2D eigenvalue weighted by Crippen LogP contribution is 2.39. The van der Waals surface area contributed by atoms with Crippen molar-refractivity contribution in [1.29, 1.82) is 0 Å². The number of ether oxygens (including phenoxy) is 3. The third-order valence-corrected chi connectivity index (χ3v) is 2.83. The lowest BCUT2D eigenvalue weighted by Crippen LogP contribution is -2.05. The lowest BCUT2D eigenvalue weighted by Gasteiger charge is -2.10. The molecule has 1 aromatic carbocycles. The summed E-state index contributed by atoms with van der Waals surface area (Å²) >= 11 is 0. The number of nitro groups is 1. The highest BCUT2D eigenvalue weighted by atomic mass is 32.3. The van der Waals surface area contributed by atoms with Gasteiger partial charge in [-0.05, 0) is 0 Å². The van der Waals surface area contributed by atoms with E-state index < -0.39 is 25.7 Å². The van der Waals surface area contributed by atoms with Crippen molar-refractivity contribution in [2.24, 2.45) is 0 Å². The minimum Gasteiger partial charge on any atom is -0.493 e. The average molecular weight is 295 g/mol. The number of hydrogen-bond donors (Lipinski definition) is 0. The van der Waals surface area contributed by atoms with Crippen LogP contribution in [0.4, 0.5) is 9.57 Å². The van der Waals surface area contributed by atoms with E-state index in [0.29, 0.717) is 6.07 Å². The first kappa shape index (κ1) is 15.1. The summed E-state index contributed by atoms with van der Waals surface area (Å²) in [6.07, 6.45) is 0. The maximum Gasteiger partial charge on any atom is 0.332 e. The fourth-order valence-electron chi connectivity index (χ4n) is 1.25. The molecule has 0 radical (unpaired) electrons. The Balaban J connectivity index is 3.49. The number of rotatable bonds is 6. The summed E-state index contributed by atoms with van der Waals surface area (Å²) in [6, 6.07) is 1.33. The maximum atomic E-state index is 12.9. The predicted octanol–water partition coefficient (Wildman–Crippen LogP) is 1.24. The van der Waals surface area contributed by atoms with Crippen LogP contribution in [-0.2, 0) is 15.0 Å². The van der Waals surface area contributed by atoms with Crippen LogP contribution in [0.2, 0.25) is 0 Å². The number of hydrogen-bond acceptors (Lipinski definition) is 7. The fraction of sp³-hybridized carbons (Fsp3) is 0.333. The zero-order valence-corrected chi connectivity index (χ0v) is 10.8. The first-order valence-electron chi connectivity index (χ1n) is 4.74. The van der Waals surface area contributed by atoms with Crippen molar-refractivity contribution in [3.8, 4) is 11.5 Å². The largest absolute Gasteiger partial charge is 0.493 e. The smallest absolute Gasteiger partial charge is 0.332 e. The Morgan fingerprint density at radius 1 is 1.37 bits per heavy atom. The maximum absolute atomic E-state index is 12.9. The van der Waals surface area contributed by atoms with Gasteiger partial charge in [0.1, 0.15) is 4.90 Å². The van der Waals surface area contributed by atoms with Gasteiger partial charge in [-0.3, -0.25) is 10.1 Å². The summed E-state index contributed by atoms with van der Waals surface area (Å²) in [5.41, 5.74) is -0.743. The zero-order valence-electron chi connectivity index (χ0n) is 9.95. The fourth-order valence-corrected chi connectivity index (χ4v) is 1.75. The molecule has 8 nitrogen and oxygen atoms in total. The van der Waals surface area contributed by atoms with Gasteiger partial charge in [0.15, 0.2) is 12.5 Å². The van der Waals surface area contributed by atoms with E-state index in [1.54, 1.807) is 0 Å². The van der Waals surface area contributed by atoms with Gasteiger partial charge in [0, 0.05) is 19.2 Å². The van der Waals surface area contributed by atoms with E-state index >= 15 is 0 Å². The van der Waals surface area contributed by atoms with E-state index in [-0.39, 0.29) is 18.3 Å². The highest BCUT2D eigenvalue weighted by Gasteiger charge is 2.26. The van der Waals surface area contributed by atoms with Crippen LogP contribution < -0.4 is 9.47 Å². The van der Waals surface area contributed by atoms with E-state index in [0.717, 1.165) is 13.2 Å². The van der Waals surface area contributed by atoms with Gasteiger partial charge >= 0.3 is 15.9 Å². The minimum atomic E-state index is -5.10. The van der Waals surface area contributed by atoms with E-state index in [1.165, 1.54) is 7.11 Å². The molecule has 1 aromatic rings. The number of halogens is 1. The molecule has 10 heteroatoms. The summed E-state index contributed by atoms with van der Waals surface area (Å²) in [5.74, 6) is -0.635. The molecule has 0 aliphatic heterocycles. The van der Waals surface area contributed by atoms with E-state index in [4.69, 9.17) is 9.47 Å². The molecule has 0 aromatic heterocycles. The summed E-state index contributed by atoms with van der Waals surface area (Å²) < 4.78 is 48.7. The Hall–Kier alpha value is -1.94. The van der Waals surface area contributed by atoms with Gasteiger partial charge in [0.05, 0.1) is 12.0 Å². The van der Waals surface area contributed by atoms with E-state index in [9.17, 15) is 22.4 Å². The Bertz CT molecular complexity index is 586. The average Bonchev–Trinajstić information content (AvgIpc) is 2.33. The third-order valence-electron chi connectivity index (χ3n) is 2.03. The van der Waals surface area contributed by atoms with Crippen molar-refractivity contribution in [2.75, 3.05) is 21.0 Å². The van der Waals surface area contributed by atoms with E-state index in [2.05, 4.69) is 4.74 Å². The summed E-state index contributed by atoms with van der Waals surface area (Å²) in [5, 5.41) is 10.8. The van der Waals surface area contributed by atoms with Gasteiger partial charge in [0.2, 0.25) is 5.75 Å². The first-order chi connectivity index (χ1) is 8.81. The van der Waals surface area contributed by atoms with E-state index in [1.807, 2.05) is 0 Å². The van der Waals surface area contributed by atoms with Crippen LogP contribution in [0.1, 0.15) is 0 Å². The van der Waals surface area contributed by atoms with Crippen LogP contribution in [0.3, 0.4) is 0 Å². The van der Waals surface area contributed by atoms with Crippen LogP contribution in [0.25, 0.3) is 0 Å². The predicted molar refractivity (Wildman–Crippen MR) is 60.4 cm³/mol. The highest BCUT2D eigenvalue weighted by molar-refractivity contribution is 7.86. The van der Waals surface area contributed by atoms with Gasteiger partial charge in [-0.1, -0.05) is 0 Å². The SMILES string of the molecule is COCOc1c(OC)cc(S(=O)(=O)F)cc1[N+](=O)[O-]. The normalized spacial score (nSPS) is 11.1. The molecule has 0 amide bonds. The summed E-state index contributed by atoms with van der Waals surface area (Å²) in [7, 11) is -2.68. The Morgan fingerprint density at radius 3 is 2.42 bits per heavy atom. The van der Waals surface area contributed by atoms with Crippen molar-refractivity contribution in [1.82, 2.24) is 0 Å². The van der Waals surface area contributed by atoms with Crippen LogP contribution in [-0.4, -0.2) is 34.4 Å². The van der Waals surface area contributed by atoms with Crippen LogP contribution in [0.5, 0.6) is 11.5 Å². The van der Waals surface area contributed by atoms with Gasteiger partial charge in [-0.15, -0.1) is 3.89 Å². The Morgan fingerprint density at radius 2 is 2.00 bits per heavy atom. The quantitative estimate of drug-likeness (QED) is 0.336. The molecule has 0 aliphatic rings. The molecular weight excluding hydrogens is 285 g/mol. The molecule has 1 rings (SSSR count). The molecule has 106 valence electrons.